The SMILES string of the molecule is S=c1n(CN2CCCC2)nc(-c2[nH]c3ccc(Cl)cc3c2-c2ccccc2)n1-c1ccccc1. The number of nitrogens with zero attached hydrogens (tertiary/aromatic N) is 4. The standard InChI is InChI=1S/C27H24ClN5S/c28-20-13-14-23-22(17-20)24(19-9-3-1-4-10-19)25(29-23)26-30-32(18-31-15-7-8-16-31)27(34)33(26)21-11-5-2-6-12-21/h1-6,9-14,17,29H,7-8,15-16,18H2. The van der Waals surface area contributed by atoms with E-state index in [4.69, 9.17) is 28.9 Å². The van der Waals surface area contributed by atoms with Gasteiger partial charge in [-0.15, -0.1) is 5.10 Å². The van der Waals surface area contributed by atoms with Crippen LogP contribution in [0.25, 0.3) is 39.2 Å². The first-order valence-corrected chi connectivity index (χ1v) is 12.3. The highest BCUT2D eigenvalue weighted by atomic mass is 35.5. The molecule has 2 aromatic heterocycles. The highest BCUT2D eigenvalue weighted by molar-refractivity contribution is 7.71. The molecular weight excluding hydrogens is 462 g/mol. The van der Waals surface area contributed by atoms with Gasteiger partial charge in [0.1, 0.15) is 0 Å². The van der Waals surface area contributed by atoms with Crippen LogP contribution in [0.2, 0.25) is 5.02 Å². The van der Waals surface area contributed by atoms with Crippen molar-refractivity contribution in [3.8, 4) is 28.3 Å². The number of hydrogen-bond acceptors (Lipinski definition) is 3. The quantitative estimate of drug-likeness (QED) is 0.274. The van der Waals surface area contributed by atoms with Crippen molar-refractivity contribution < 1.29 is 0 Å². The molecule has 0 atom stereocenters. The molecule has 34 heavy (non-hydrogen) atoms. The summed E-state index contributed by atoms with van der Waals surface area (Å²) in [5, 5.41) is 6.86. The van der Waals surface area contributed by atoms with E-state index in [-0.39, 0.29) is 0 Å². The van der Waals surface area contributed by atoms with Crippen LogP contribution in [0.4, 0.5) is 0 Å². The fourth-order valence-corrected chi connectivity index (χ4v) is 5.28. The summed E-state index contributed by atoms with van der Waals surface area (Å²) in [6.07, 6.45) is 2.45. The van der Waals surface area contributed by atoms with E-state index in [1.807, 2.05) is 47.1 Å². The van der Waals surface area contributed by atoms with Crippen LogP contribution in [0.15, 0.2) is 78.9 Å². The lowest BCUT2D eigenvalue weighted by molar-refractivity contribution is 0.253. The Balaban J connectivity index is 1.63. The molecule has 3 aromatic carbocycles. The summed E-state index contributed by atoms with van der Waals surface area (Å²) in [6.45, 7) is 2.85. The lowest BCUT2D eigenvalue weighted by Crippen LogP contribution is -2.23. The van der Waals surface area contributed by atoms with Gasteiger partial charge < -0.3 is 4.98 Å². The van der Waals surface area contributed by atoms with Crippen LogP contribution in [0, 0.1) is 4.77 Å². The molecule has 1 saturated heterocycles. The Hall–Kier alpha value is -3.19. The molecule has 0 amide bonds. The maximum atomic E-state index is 6.42. The first kappa shape index (κ1) is 21.4. The van der Waals surface area contributed by atoms with Crippen molar-refractivity contribution >= 4 is 34.7 Å². The largest absolute Gasteiger partial charge is 0.351 e. The fourth-order valence-electron chi connectivity index (χ4n) is 4.82. The van der Waals surface area contributed by atoms with E-state index in [0.717, 1.165) is 52.3 Å². The monoisotopic (exact) mass is 485 g/mol. The number of nitrogens with one attached hydrogen (secondary N) is 1. The molecule has 0 unspecified atom stereocenters. The maximum absolute atomic E-state index is 6.42. The van der Waals surface area contributed by atoms with Crippen molar-refractivity contribution in [1.29, 1.82) is 0 Å². The molecule has 5 nitrogen and oxygen atoms in total. The molecule has 5 aromatic rings. The van der Waals surface area contributed by atoms with Crippen LogP contribution in [-0.2, 0) is 6.67 Å². The number of aromatic nitrogens is 4. The molecule has 0 spiro atoms. The Morgan fingerprint density at radius 1 is 0.912 bits per heavy atom. The van der Waals surface area contributed by atoms with E-state index in [2.05, 4.69) is 50.8 Å². The Bertz CT molecular complexity index is 1510. The van der Waals surface area contributed by atoms with E-state index in [1.165, 1.54) is 12.8 Å². The van der Waals surface area contributed by atoms with Crippen molar-refractivity contribution in [3.05, 3.63) is 88.7 Å². The van der Waals surface area contributed by atoms with Crippen molar-refractivity contribution in [2.24, 2.45) is 0 Å². The molecule has 1 aliphatic rings. The first-order chi connectivity index (χ1) is 16.7. The number of rotatable bonds is 5. The highest BCUT2D eigenvalue weighted by Crippen LogP contribution is 2.39. The zero-order chi connectivity index (χ0) is 23.1. The van der Waals surface area contributed by atoms with Crippen LogP contribution < -0.4 is 0 Å². The molecule has 0 bridgehead atoms. The molecule has 6 rings (SSSR count). The second-order valence-corrected chi connectivity index (χ2v) is 9.48. The van der Waals surface area contributed by atoms with Gasteiger partial charge in [-0.1, -0.05) is 60.1 Å². The van der Waals surface area contributed by atoms with Gasteiger partial charge in [0.15, 0.2) is 5.82 Å². The van der Waals surface area contributed by atoms with Gasteiger partial charge >= 0.3 is 0 Å². The summed E-state index contributed by atoms with van der Waals surface area (Å²) < 4.78 is 4.71. The molecule has 0 saturated carbocycles. The van der Waals surface area contributed by atoms with E-state index in [9.17, 15) is 0 Å². The van der Waals surface area contributed by atoms with Gasteiger partial charge in [-0.25, -0.2) is 4.68 Å². The molecule has 0 radical (unpaired) electrons. The summed E-state index contributed by atoms with van der Waals surface area (Å²) >= 11 is 12.4. The van der Waals surface area contributed by atoms with Gasteiger partial charge in [-0.3, -0.25) is 9.47 Å². The van der Waals surface area contributed by atoms with E-state index in [0.29, 0.717) is 16.5 Å². The Labute approximate surface area is 208 Å². The predicted molar refractivity (Wildman–Crippen MR) is 141 cm³/mol. The van der Waals surface area contributed by atoms with Crippen LogP contribution in [0.5, 0.6) is 0 Å². The molecule has 1 N–H and O–H groups in total. The van der Waals surface area contributed by atoms with Gasteiger partial charge in [-0.2, -0.15) is 0 Å². The molecule has 170 valence electrons. The topological polar surface area (TPSA) is 41.8 Å². The van der Waals surface area contributed by atoms with Gasteiger partial charge in [0.05, 0.1) is 18.1 Å². The summed E-state index contributed by atoms with van der Waals surface area (Å²) in [7, 11) is 0. The van der Waals surface area contributed by atoms with E-state index in [1.54, 1.807) is 0 Å². The van der Waals surface area contributed by atoms with Gasteiger partial charge in [-0.05, 0) is 74.0 Å². The molecule has 1 fully saturated rings. The number of H-pyrrole nitrogens is 1. The van der Waals surface area contributed by atoms with Gasteiger partial charge in [0.25, 0.3) is 0 Å². The number of para-hydroxylation sites is 1. The average Bonchev–Trinajstić information content (AvgIpc) is 3.58. The number of fused-ring (bicyclic) bond motifs is 1. The lowest BCUT2D eigenvalue weighted by Gasteiger charge is -2.13. The zero-order valence-electron chi connectivity index (χ0n) is 18.6. The van der Waals surface area contributed by atoms with Crippen LogP contribution >= 0.6 is 23.8 Å². The van der Waals surface area contributed by atoms with Crippen molar-refractivity contribution in [2.45, 2.75) is 19.5 Å². The van der Waals surface area contributed by atoms with Gasteiger partial charge in [0, 0.05) is 21.5 Å². The second-order valence-electron chi connectivity index (χ2n) is 8.67. The molecule has 0 aliphatic carbocycles. The zero-order valence-corrected chi connectivity index (χ0v) is 20.2. The first-order valence-electron chi connectivity index (χ1n) is 11.5. The number of halogens is 1. The lowest BCUT2D eigenvalue weighted by atomic mass is 10.0. The number of aromatic amines is 1. The number of likely N-dealkylation sites (tertiary alicyclic amines) is 1. The van der Waals surface area contributed by atoms with E-state index < -0.39 is 0 Å². The number of benzene rings is 3. The summed E-state index contributed by atoms with van der Waals surface area (Å²) in [6, 6.07) is 26.5. The van der Waals surface area contributed by atoms with Crippen LogP contribution in [-0.4, -0.2) is 37.3 Å². The molecular formula is C27H24ClN5S. The van der Waals surface area contributed by atoms with Crippen molar-refractivity contribution in [3.63, 3.8) is 0 Å². The minimum absolute atomic E-state index is 0.684. The maximum Gasteiger partial charge on any atom is 0.204 e. The van der Waals surface area contributed by atoms with Crippen LogP contribution in [0.3, 0.4) is 0 Å². The molecule has 7 heteroatoms. The Morgan fingerprint density at radius 2 is 1.62 bits per heavy atom. The average molecular weight is 486 g/mol. The van der Waals surface area contributed by atoms with Crippen molar-refractivity contribution in [2.75, 3.05) is 13.1 Å². The fraction of sp³-hybridized carbons (Fsp3) is 0.185. The number of hydrogen-bond donors (Lipinski definition) is 1. The second kappa shape index (κ2) is 8.87. The molecule has 1 aliphatic heterocycles. The smallest absolute Gasteiger partial charge is 0.204 e. The van der Waals surface area contributed by atoms with Crippen LogP contribution in [0.1, 0.15) is 12.8 Å². The Kier molecular flexibility index (Phi) is 5.57. The normalized spacial score (nSPS) is 14.3. The van der Waals surface area contributed by atoms with Gasteiger partial charge in [0.2, 0.25) is 4.77 Å². The third-order valence-corrected chi connectivity index (χ3v) is 7.06. The summed E-state index contributed by atoms with van der Waals surface area (Å²) in [5.74, 6) is 0.793. The minimum atomic E-state index is 0.684. The van der Waals surface area contributed by atoms with Crippen molar-refractivity contribution in [1.82, 2.24) is 24.2 Å². The minimum Gasteiger partial charge on any atom is -0.351 e. The molecule has 3 heterocycles. The Morgan fingerprint density at radius 3 is 2.35 bits per heavy atom. The van der Waals surface area contributed by atoms with E-state index >= 15 is 0 Å². The predicted octanol–water partition coefficient (Wildman–Crippen LogP) is 6.93. The summed E-state index contributed by atoms with van der Waals surface area (Å²) in [4.78, 5) is 6.04. The third-order valence-electron chi connectivity index (χ3n) is 6.43. The third kappa shape index (κ3) is 3.78. The highest BCUT2D eigenvalue weighted by Gasteiger charge is 2.23. The summed E-state index contributed by atoms with van der Waals surface area (Å²) in [5.41, 5.74) is 5.11.